The molecular formula is C34H48Cl2F2N10O15P2. The van der Waals surface area contributed by atoms with E-state index in [0.717, 1.165) is 51.4 Å². The first-order chi connectivity index (χ1) is 30.5. The number of nitrogens with zero attached hydrogens (tertiary/aromatic N) is 8. The first-order valence-electron chi connectivity index (χ1n) is 20.3. The number of ether oxygens (including phenoxy) is 4. The van der Waals surface area contributed by atoms with Crippen molar-refractivity contribution in [3.8, 4) is 0 Å². The Morgan fingerprint density at radius 1 is 0.708 bits per heavy atom. The molecule has 0 amide bonds. The zero-order valence-electron chi connectivity index (χ0n) is 34.2. The van der Waals surface area contributed by atoms with Crippen LogP contribution >= 0.6 is 38.4 Å². The number of rotatable bonds is 15. The molecule has 0 bridgehead atoms. The van der Waals surface area contributed by atoms with Gasteiger partial charge in [0, 0.05) is 19.0 Å². The molecule has 65 heavy (non-hydrogen) atoms. The van der Waals surface area contributed by atoms with Gasteiger partial charge in [0.15, 0.2) is 46.4 Å². The highest BCUT2D eigenvalue weighted by molar-refractivity contribution is 7.53. The molecule has 4 fully saturated rings. The lowest BCUT2D eigenvalue weighted by atomic mass is 10.1. The van der Waals surface area contributed by atoms with Gasteiger partial charge in [-0.15, -0.1) is 0 Å². The molecule has 10 atom stereocenters. The summed E-state index contributed by atoms with van der Waals surface area (Å²) in [7, 11) is -10.7. The zero-order valence-corrected chi connectivity index (χ0v) is 37.5. The van der Waals surface area contributed by atoms with Crippen LogP contribution in [-0.2, 0) is 28.1 Å². The summed E-state index contributed by atoms with van der Waals surface area (Å²) >= 11 is 12.2. The average molecular weight is 1010 g/mol. The summed E-state index contributed by atoms with van der Waals surface area (Å²) in [4.78, 5) is 61.5. The van der Waals surface area contributed by atoms with Gasteiger partial charge in [-0.1, -0.05) is 25.7 Å². The highest BCUT2D eigenvalue weighted by Gasteiger charge is 2.52. The second kappa shape index (κ2) is 19.6. The van der Waals surface area contributed by atoms with Crippen LogP contribution in [-0.4, -0.2) is 164 Å². The fourth-order valence-corrected chi connectivity index (χ4v) is 8.82. The van der Waals surface area contributed by atoms with Crippen molar-refractivity contribution >= 4 is 72.4 Å². The normalized spacial score (nSPS) is 28.7. The Bertz CT molecular complexity index is 2410. The number of halogens is 4. The minimum atomic E-state index is -5.49. The van der Waals surface area contributed by atoms with Gasteiger partial charge in [-0.05, 0) is 48.9 Å². The number of aromatic nitrogens is 8. The highest BCUT2D eigenvalue weighted by atomic mass is 35.5. The summed E-state index contributed by atoms with van der Waals surface area (Å²) in [5.41, 5.74) is -5.75. The SMILES string of the molecule is CC(F)(OC[C@H]1O[C@@H](n2cnc3c(NC4CCCC4)nc(Cl)nc32)[C@H](O)[C@@H]1O)P(=O)(O)O.O=P(O)(O)C(F)(CO)OC[C@H]1O[C@@H](n2cnc3c(NC4CCCC4)nc(Cl)nc32)[C@H](O)[C@@H]1O. The van der Waals surface area contributed by atoms with E-state index >= 15 is 0 Å². The van der Waals surface area contributed by atoms with Gasteiger partial charge in [0.2, 0.25) is 10.6 Å². The molecule has 2 unspecified atom stereocenters. The van der Waals surface area contributed by atoms with E-state index < -0.39 is 95.3 Å². The lowest BCUT2D eigenvalue weighted by Crippen LogP contribution is -2.39. The van der Waals surface area contributed by atoms with Gasteiger partial charge in [0.05, 0.1) is 25.9 Å². The predicted octanol–water partition coefficient (Wildman–Crippen LogP) is 1.55. The van der Waals surface area contributed by atoms with Crippen molar-refractivity contribution in [2.24, 2.45) is 0 Å². The summed E-state index contributed by atoms with van der Waals surface area (Å²) < 4.78 is 73.8. The van der Waals surface area contributed by atoms with Crippen molar-refractivity contribution in [1.29, 1.82) is 0 Å². The lowest BCUT2D eigenvalue weighted by molar-refractivity contribution is -0.157. The summed E-state index contributed by atoms with van der Waals surface area (Å²) in [6.45, 7) is -2.63. The van der Waals surface area contributed by atoms with Crippen molar-refractivity contribution in [3.63, 3.8) is 0 Å². The maximum Gasteiger partial charge on any atom is 0.392 e. The monoisotopic (exact) mass is 1010 g/mol. The Hall–Kier alpha value is -2.92. The highest BCUT2D eigenvalue weighted by Crippen LogP contribution is 2.53. The molecule has 2 saturated carbocycles. The van der Waals surface area contributed by atoms with Crippen molar-refractivity contribution in [3.05, 3.63) is 23.2 Å². The first kappa shape index (κ1) is 50.0. The van der Waals surface area contributed by atoms with Crippen LogP contribution in [0.4, 0.5) is 20.4 Å². The fraction of sp³-hybridized carbons (Fsp3) is 0.706. The minimum Gasteiger partial charge on any atom is -0.390 e. The Balaban J connectivity index is 0.000000194. The molecule has 2 aliphatic heterocycles. The molecule has 25 nitrogen and oxygen atoms in total. The van der Waals surface area contributed by atoms with Crippen molar-refractivity contribution in [1.82, 2.24) is 39.0 Å². The second-order valence-electron chi connectivity index (χ2n) is 16.1. The smallest absolute Gasteiger partial charge is 0.390 e. The number of hydrogen-bond donors (Lipinski definition) is 11. The van der Waals surface area contributed by atoms with Gasteiger partial charge in [0.1, 0.15) is 43.2 Å². The number of nitrogens with one attached hydrogen (secondary N) is 2. The molecule has 11 N–H and O–H groups in total. The molecular weight excluding hydrogens is 959 g/mol. The quantitative estimate of drug-likeness (QED) is 0.0594. The molecule has 8 rings (SSSR count). The number of alkyl halides is 2. The van der Waals surface area contributed by atoms with Crippen LogP contribution in [0.3, 0.4) is 0 Å². The molecule has 4 aromatic heterocycles. The molecule has 31 heteroatoms. The van der Waals surface area contributed by atoms with E-state index in [9.17, 15) is 38.3 Å². The fourth-order valence-electron chi connectivity index (χ4n) is 7.82. The molecule has 4 aliphatic rings. The number of anilines is 2. The third-order valence-corrected chi connectivity index (χ3v) is 14.2. The van der Waals surface area contributed by atoms with Crippen molar-refractivity contribution in [2.45, 2.75) is 131 Å². The third kappa shape index (κ3) is 10.6. The topological polar surface area (TPSA) is 364 Å². The van der Waals surface area contributed by atoms with E-state index in [2.05, 4.69) is 50.0 Å². The van der Waals surface area contributed by atoms with Crippen LogP contribution in [0.15, 0.2) is 12.7 Å². The van der Waals surface area contributed by atoms with E-state index in [-0.39, 0.29) is 33.9 Å². The molecule has 2 saturated heterocycles. The molecule has 0 radical (unpaired) electrons. The number of hydrogen-bond acceptors (Lipinski definition) is 19. The number of aliphatic hydroxyl groups is 5. The first-order valence-corrected chi connectivity index (χ1v) is 24.2. The van der Waals surface area contributed by atoms with Crippen molar-refractivity contribution < 1.29 is 82.0 Å². The predicted molar refractivity (Wildman–Crippen MR) is 221 cm³/mol. The van der Waals surface area contributed by atoms with Crippen LogP contribution < -0.4 is 10.6 Å². The molecule has 0 spiro atoms. The van der Waals surface area contributed by atoms with Gasteiger partial charge >= 0.3 is 26.4 Å². The number of fused-ring (bicyclic) bond motifs is 2. The summed E-state index contributed by atoms with van der Waals surface area (Å²) in [6, 6.07) is 0.442. The van der Waals surface area contributed by atoms with Gasteiger partial charge < -0.3 is 74.7 Å². The van der Waals surface area contributed by atoms with E-state index in [1.807, 2.05) is 0 Å². The van der Waals surface area contributed by atoms with Gasteiger partial charge in [-0.2, -0.15) is 28.7 Å². The zero-order chi connectivity index (χ0) is 47.2. The molecule has 6 heterocycles. The van der Waals surface area contributed by atoms with E-state index in [0.29, 0.717) is 29.6 Å². The third-order valence-electron chi connectivity index (χ3n) is 11.5. The Morgan fingerprint density at radius 2 is 1.11 bits per heavy atom. The summed E-state index contributed by atoms with van der Waals surface area (Å²) in [6.07, 6.45) is -0.286. The van der Waals surface area contributed by atoms with Crippen LogP contribution in [0.25, 0.3) is 22.3 Å². The largest absolute Gasteiger partial charge is 0.392 e. The summed E-state index contributed by atoms with van der Waals surface area (Å²) in [5.74, 6) is 0.851. The van der Waals surface area contributed by atoms with Crippen LogP contribution in [0.2, 0.25) is 10.6 Å². The summed E-state index contributed by atoms with van der Waals surface area (Å²) in [5, 5.41) is 57.1. The minimum absolute atomic E-state index is 0.0532. The van der Waals surface area contributed by atoms with Crippen LogP contribution in [0, 0.1) is 0 Å². The lowest BCUT2D eigenvalue weighted by Gasteiger charge is -2.26. The maximum atomic E-state index is 14.3. The van der Waals surface area contributed by atoms with Gasteiger partial charge in [0.25, 0.3) is 0 Å². The molecule has 4 aromatic rings. The number of aliphatic hydroxyl groups excluding tert-OH is 5. The van der Waals surface area contributed by atoms with E-state index in [1.165, 1.54) is 21.8 Å². The van der Waals surface area contributed by atoms with Gasteiger partial charge in [-0.25, -0.2) is 9.97 Å². The standard InChI is InChI=1S/C17H24ClFN5O8P.C17H24ClFN5O7P/c18-16-22-13(21-8-3-1-2-4-8)10-14(23-16)24(7-20-10)15-12(27)11(26)9(32-15)5-31-17(19,6-25)33(28,29)30;1-17(19,32(27,28)29)30-6-9-11(25)12(26)15(31-9)24-7-20-10-13(21-8-4-2-3-5-8)22-16(18)23-14(10)24/h7-9,11-12,15,25-27H,1-6H2,(H,21,22,23)(H2,28,29,30);7-9,11-12,15,25-26H,2-6H2,1H3,(H,21,22,23)(H2,27,28,29)/t2*9-,11-,12-,15-,17?/m11/s1. The van der Waals surface area contributed by atoms with Crippen molar-refractivity contribution in [2.75, 3.05) is 30.5 Å². The Kier molecular flexibility index (Phi) is 15.1. The van der Waals surface area contributed by atoms with Crippen LogP contribution in [0.1, 0.15) is 70.7 Å². The molecule has 0 aromatic carbocycles. The molecule has 2 aliphatic carbocycles. The number of imidazole rings is 2. The van der Waals surface area contributed by atoms with E-state index in [1.54, 1.807) is 0 Å². The van der Waals surface area contributed by atoms with E-state index in [4.69, 9.17) is 57.4 Å². The maximum absolute atomic E-state index is 14.3. The Morgan fingerprint density at radius 3 is 1.48 bits per heavy atom. The van der Waals surface area contributed by atoms with Gasteiger partial charge in [-0.3, -0.25) is 18.3 Å². The van der Waals surface area contributed by atoms with Crippen LogP contribution in [0.5, 0.6) is 0 Å². The Labute approximate surface area is 376 Å². The average Bonchev–Trinajstić information content (AvgIpc) is 4.11. The second-order valence-corrected chi connectivity index (χ2v) is 20.4. The molecule has 362 valence electrons.